The van der Waals surface area contributed by atoms with Crippen LogP contribution in [0.5, 0.6) is 0 Å². The van der Waals surface area contributed by atoms with Crippen molar-refractivity contribution in [1.82, 2.24) is 0 Å². The zero-order valence-electron chi connectivity index (χ0n) is 14.6. The van der Waals surface area contributed by atoms with Gasteiger partial charge in [-0.05, 0) is 53.8 Å². The minimum atomic E-state index is -0.267. The van der Waals surface area contributed by atoms with Crippen LogP contribution < -0.4 is 0 Å². The molecule has 0 unspecified atom stereocenters. The van der Waals surface area contributed by atoms with E-state index in [1.165, 1.54) is 20.3 Å². The van der Waals surface area contributed by atoms with Gasteiger partial charge >= 0.3 is 0 Å². The van der Waals surface area contributed by atoms with Gasteiger partial charge in [0.25, 0.3) is 5.69 Å². The fraction of sp³-hybridized carbons (Fsp3) is 0.0435. The average Bonchev–Trinajstić information content (AvgIpc) is 3.03. The standard InChI is InChI=1S/C23H15NO2S/c1-14-6-9-19-20-13-16(8-11-21(20)27-22(19)12-14)18-10-7-15-4-2-3-5-17(15)23(18)24(25)26/h2-13H,1H3. The van der Waals surface area contributed by atoms with Crippen LogP contribution in [-0.2, 0) is 0 Å². The normalized spacial score (nSPS) is 11.4. The SMILES string of the molecule is Cc1ccc2c(c1)sc1ccc(-c3ccc4ccccc4c3[N+](=O)[O-])cc12. The third-order valence-electron chi connectivity index (χ3n) is 5.02. The fourth-order valence-electron chi connectivity index (χ4n) is 3.74. The molecule has 0 saturated carbocycles. The molecular weight excluding hydrogens is 354 g/mol. The minimum Gasteiger partial charge on any atom is -0.258 e. The Bertz CT molecular complexity index is 1370. The molecule has 0 radical (unpaired) electrons. The highest BCUT2D eigenvalue weighted by molar-refractivity contribution is 7.25. The van der Waals surface area contributed by atoms with Crippen molar-refractivity contribution in [2.75, 3.05) is 0 Å². The Labute approximate surface area is 159 Å². The Morgan fingerprint density at radius 2 is 1.67 bits per heavy atom. The van der Waals surface area contributed by atoms with Crippen molar-refractivity contribution in [1.29, 1.82) is 0 Å². The van der Waals surface area contributed by atoms with Crippen LogP contribution >= 0.6 is 11.3 Å². The summed E-state index contributed by atoms with van der Waals surface area (Å²) in [6.45, 7) is 2.09. The number of rotatable bonds is 2. The monoisotopic (exact) mass is 369 g/mol. The average molecular weight is 369 g/mol. The van der Waals surface area contributed by atoms with Gasteiger partial charge in [0.15, 0.2) is 0 Å². The molecule has 0 atom stereocenters. The first kappa shape index (κ1) is 16.0. The van der Waals surface area contributed by atoms with E-state index in [4.69, 9.17) is 0 Å². The Kier molecular flexibility index (Phi) is 3.49. The van der Waals surface area contributed by atoms with Crippen molar-refractivity contribution in [2.24, 2.45) is 0 Å². The highest BCUT2D eigenvalue weighted by Gasteiger charge is 2.20. The summed E-state index contributed by atoms with van der Waals surface area (Å²) in [6, 6.07) is 23.9. The number of fused-ring (bicyclic) bond motifs is 4. The lowest BCUT2D eigenvalue weighted by Crippen LogP contribution is -1.93. The van der Waals surface area contributed by atoms with Crippen molar-refractivity contribution in [3.8, 4) is 11.1 Å². The molecule has 4 heteroatoms. The third kappa shape index (κ3) is 2.49. The topological polar surface area (TPSA) is 43.1 Å². The molecule has 0 fully saturated rings. The number of hydrogen-bond donors (Lipinski definition) is 0. The maximum Gasteiger partial charge on any atom is 0.284 e. The van der Waals surface area contributed by atoms with Gasteiger partial charge in [-0.15, -0.1) is 11.3 Å². The van der Waals surface area contributed by atoms with Crippen molar-refractivity contribution in [2.45, 2.75) is 6.92 Å². The zero-order valence-corrected chi connectivity index (χ0v) is 15.4. The van der Waals surface area contributed by atoms with E-state index in [1.54, 1.807) is 11.3 Å². The minimum absolute atomic E-state index is 0.169. The number of hydrogen-bond acceptors (Lipinski definition) is 3. The molecular formula is C23H15NO2S. The van der Waals surface area contributed by atoms with Crippen LogP contribution in [0.15, 0.2) is 72.8 Å². The summed E-state index contributed by atoms with van der Waals surface area (Å²) < 4.78 is 2.44. The lowest BCUT2D eigenvalue weighted by atomic mass is 9.97. The van der Waals surface area contributed by atoms with Crippen molar-refractivity contribution < 1.29 is 4.92 Å². The molecule has 3 nitrogen and oxygen atoms in total. The molecule has 0 spiro atoms. The smallest absolute Gasteiger partial charge is 0.258 e. The van der Waals surface area contributed by atoms with Gasteiger partial charge in [-0.3, -0.25) is 10.1 Å². The number of aryl methyl sites for hydroxylation is 1. The summed E-state index contributed by atoms with van der Waals surface area (Å²) >= 11 is 1.76. The van der Waals surface area contributed by atoms with E-state index in [1.807, 2.05) is 42.5 Å². The van der Waals surface area contributed by atoms with E-state index in [9.17, 15) is 10.1 Å². The predicted molar refractivity (Wildman–Crippen MR) is 114 cm³/mol. The molecule has 0 N–H and O–H groups in total. The summed E-state index contributed by atoms with van der Waals surface area (Å²) in [7, 11) is 0. The van der Waals surface area contributed by atoms with Crippen LogP contribution in [0, 0.1) is 17.0 Å². The number of nitro benzene ring substituents is 1. The first-order valence-electron chi connectivity index (χ1n) is 8.71. The van der Waals surface area contributed by atoms with E-state index >= 15 is 0 Å². The van der Waals surface area contributed by atoms with Crippen LogP contribution in [0.2, 0.25) is 0 Å². The largest absolute Gasteiger partial charge is 0.284 e. The van der Waals surface area contributed by atoms with Crippen LogP contribution in [0.1, 0.15) is 5.56 Å². The van der Waals surface area contributed by atoms with Gasteiger partial charge in [0.1, 0.15) is 0 Å². The zero-order chi connectivity index (χ0) is 18.5. The number of thiophene rings is 1. The maximum atomic E-state index is 11.9. The number of benzene rings is 4. The van der Waals surface area contributed by atoms with Crippen LogP contribution in [0.25, 0.3) is 42.1 Å². The Balaban J connectivity index is 1.82. The molecule has 5 rings (SSSR count). The second kappa shape index (κ2) is 5.89. The lowest BCUT2D eigenvalue weighted by molar-refractivity contribution is -0.382. The fourth-order valence-corrected chi connectivity index (χ4v) is 4.92. The maximum absolute atomic E-state index is 11.9. The molecule has 0 bridgehead atoms. The molecule has 130 valence electrons. The lowest BCUT2D eigenvalue weighted by Gasteiger charge is -2.07. The molecule has 1 heterocycles. The van der Waals surface area contributed by atoms with Crippen molar-refractivity contribution in [3.05, 3.63) is 88.5 Å². The first-order chi connectivity index (χ1) is 13.1. The predicted octanol–water partition coefficient (Wildman–Crippen LogP) is 7.09. The van der Waals surface area contributed by atoms with E-state index < -0.39 is 0 Å². The Morgan fingerprint density at radius 1 is 0.815 bits per heavy atom. The summed E-state index contributed by atoms with van der Waals surface area (Å²) in [6.07, 6.45) is 0. The first-order valence-corrected chi connectivity index (χ1v) is 9.53. The van der Waals surface area contributed by atoms with E-state index in [0.717, 1.165) is 16.3 Å². The second-order valence-electron chi connectivity index (χ2n) is 6.75. The van der Waals surface area contributed by atoms with E-state index in [0.29, 0.717) is 10.9 Å². The number of nitro groups is 1. The quantitative estimate of drug-likeness (QED) is 0.246. The molecule has 27 heavy (non-hydrogen) atoms. The van der Waals surface area contributed by atoms with Gasteiger partial charge < -0.3 is 0 Å². The van der Waals surface area contributed by atoms with Gasteiger partial charge in [-0.2, -0.15) is 0 Å². The molecule has 4 aromatic carbocycles. The van der Waals surface area contributed by atoms with Gasteiger partial charge in [-0.25, -0.2) is 0 Å². The Hall–Kier alpha value is -3.24. The van der Waals surface area contributed by atoms with Gasteiger partial charge in [0.05, 0.1) is 15.9 Å². The highest BCUT2D eigenvalue weighted by atomic mass is 32.1. The van der Waals surface area contributed by atoms with Gasteiger partial charge in [0, 0.05) is 20.2 Å². The highest BCUT2D eigenvalue weighted by Crippen LogP contribution is 2.40. The molecule has 0 amide bonds. The molecule has 0 aliphatic heterocycles. The summed E-state index contributed by atoms with van der Waals surface area (Å²) in [5.41, 5.74) is 2.94. The Morgan fingerprint density at radius 3 is 2.52 bits per heavy atom. The van der Waals surface area contributed by atoms with Crippen molar-refractivity contribution >= 4 is 48.0 Å². The van der Waals surface area contributed by atoms with Crippen LogP contribution in [0.3, 0.4) is 0 Å². The summed E-state index contributed by atoms with van der Waals surface area (Å²) in [4.78, 5) is 11.6. The molecule has 0 aliphatic carbocycles. The molecule has 1 aromatic heterocycles. The van der Waals surface area contributed by atoms with Gasteiger partial charge in [-0.1, -0.05) is 42.5 Å². The van der Waals surface area contributed by atoms with E-state index in [-0.39, 0.29) is 10.6 Å². The summed E-state index contributed by atoms with van der Waals surface area (Å²) in [5.74, 6) is 0. The van der Waals surface area contributed by atoms with E-state index in [2.05, 4.69) is 37.3 Å². The van der Waals surface area contributed by atoms with Crippen LogP contribution in [0.4, 0.5) is 5.69 Å². The number of nitrogens with zero attached hydrogens (tertiary/aromatic N) is 1. The van der Waals surface area contributed by atoms with Crippen LogP contribution in [-0.4, -0.2) is 4.92 Å². The second-order valence-corrected chi connectivity index (χ2v) is 7.84. The third-order valence-corrected chi connectivity index (χ3v) is 6.15. The molecule has 0 aliphatic rings. The molecule has 5 aromatic rings. The van der Waals surface area contributed by atoms with Gasteiger partial charge in [0.2, 0.25) is 0 Å². The van der Waals surface area contributed by atoms with Crippen molar-refractivity contribution in [3.63, 3.8) is 0 Å². The summed E-state index contributed by atoms with van der Waals surface area (Å²) in [5, 5.41) is 15.8. The molecule has 0 saturated heterocycles.